The van der Waals surface area contributed by atoms with Crippen molar-refractivity contribution in [2.45, 2.75) is 25.7 Å². The predicted octanol–water partition coefficient (Wildman–Crippen LogP) is 4.30. The number of carbonyl (C=O) groups is 2. The van der Waals surface area contributed by atoms with E-state index in [0.717, 1.165) is 15.6 Å². The quantitative estimate of drug-likeness (QED) is 0.510. The van der Waals surface area contributed by atoms with Crippen LogP contribution in [0.25, 0.3) is 11.3 Å². The van der Waals surface area contributed by atoms with Gasteiger partial charge in [-0.2, -0.15) is 0 Å². The molecule has 0 atom stereocenters. The standard InChI is InChI=1S/C22H24N2O6S2/c1-6-29-22(26)19-16(17-8-7-9-30-17)12-31-21(19)23-20(25)15-10-13(2)14(3)18(11-15)32(27,28)24(4)5/h7-12H,6H2,1-5H3,(H,23,25). The number of aryl methyl sites for hydroxylation is 1. The van der Waals surface area contributed by atoms with E-state index >= 15 is 0 Å². The van der Waals surface area contributed by atoms with Crippen molar-refractivity contribution in [1.29, 1.82) is 0 Å². The number of furan rings is 1. The van der Waals surface area contributed by atoms with Crippen molar-refractivity contribution in [3.8, 4) is 11.3 Å². The van der Waals surface area contributed by atoms with E-state index < -0.39 is 21.9 Å². The number of rotatable bonds is 7. The Kier molecular flexibility index (Phi) is 6.87. The average molecular weight is 477 g/mol. The molecule has 0 bridgehead atoms. The van der Waals surface area contributed by atoms with Gasteiger partial charge in [0.05, 0.1) is 17.8 Å². The lowest BCUT2D eigenvalue weighted by molar-refractivity contribution is 0.0528. The first-order valence-electron chi connectivity index (χ1n) is 9.75. The van der Waals surface area contributed by atoms with Crippen LogP contribution >= 0.6 is 11.3 Å². The van der Waals surface area contributed by atoms with Gasteiger partial charge < -0.3 is 14.5 Å². The van der Waals surface area contributed by atoms with Gasteiger partial charge in [-0.15, -0.1) is 11.3 Å². The van der Waals surface area contributed by atoms with Gasteiger partial charge in [-0.25, -0.2) is 17.5 Å². The monoisotopic (exact) mass is 476 g/mol. The minimum absolute atomic E-state index is 0.0562. The molecule has 8 nitrogen and oxygen atoms in total. The smallest absolute Gasteiger partial charge is 0.341 e. The predicted molar refractivity (Wildman–Crippen MR) is 123 cm³/mol. The highest BCUT2D eigenvalue weighted by Crippen LogP contribution is 2.37. The Hall–Kier alpha value is -2.95. The maximum Gasteiger partial charge on any atom is 0.341 e. The highest BCUT2D eigenvalue weighted by molar-refractivity contribution is 7.89. The number of ether oxygens (including phenoxy) is 1. The highest BCUT2D eigenvalue weighted by Gasteiger charge is 2.26. The van der Waals surface area contributed by atoms with Gasteiger partial charge in [-0.1, -0.05) is 0 Å². The normalized spacial score (nSPS) is 11.6. The lowest BCUT2D eigenvalue weighted by Crippen LogP contribution is -2.24. The summed E-state index contributed by atoms with van der Waals surface area (Å²) in [4.78, 5) is 25.7. The van der Waals surface area contributed by atoms with Crippen LogP contribution in [-0.2, 0) is 14.8 Å². The van der Waals surface area contributed by atoms with E-state index in [1.807, 2.05) is 0 Å². The summed E-state index contributed by atoms with van der Waals surface area (Å²) in [6, 6.07) is 6.36. The zero-order valence-corrected chi connectivity index (χ0v) is 20.0. The zero-order valence-electron chi connectivity index (χ0n) is 18.4. The molecule has 0 radical (unpaired) electrons. The molecule has 0 saturated carbocycles. The number of sulfonamides is 1. The number of amides is 1. The number of nitrogens with zero attached hydrogens (tertiary/aromatic N) is 1. The Morgan fingerprint density at radius 1 is 1.22 bits per heavy atom. The van der Waals surface area contributed by atoms with Gasteiger partial charge in [0.15, 0.2) is 0 Å². The summed E-state index contributed by atoms with van der Waals surface area (Å²) < 4.78 is 37.1. The van der Waals surface area contributed by atoms with Gasteiger partial charge in [-0.05, 0) is 56.2 Å². The van der Waals surface area contributed by atoms with Crippen LogP contribution in [0, 0.1) is 13.8 Å². The average Bonchev–Trinajstić information content (AvgIpc) is 3.39. The van der Waals surface area contributed by atoms with Crippen LogP contribution in [0.1, 0.15) is 38.8 Å². The van der Waals surface area contributed by atoms with Gasteiger partial charge in [0, 0.05) is 30.6 Å². The zero-order chi connectivity index (χ0) is 23.6. The number of thiophene rings is 1. The molecular formula is C22H24N2O6S2. The van der Waals surface area contributed by atoms with Crippen molar-refractivity contribution in [2.24, 2.45) is 0 Å². The van der Waals surface area contributed by atoms with Gasteiger partial charge >= 0.3 is 5.97 Å². The summed E-state index contributed by atoms with van der Waals surface area (Å²) in [5, 5.41) is 4.72. The maximum atomic E-state index is 13.1. The second kappa shape index (κ2) is 9.27. The van der Waals surface area contributed by atoms with E-state index in [0.29, 0.717) is 22.5 Å². The summed E-state index contributed by atoms with van der Waals surface area (Å²) in [7, 11) is -0.874. The number of nitrogens with one attached hydrogen (secondary N) is 1. The van der Waals surface area contributed by atoms with Crippen molar-refractivity contribution < 1.29 is 27.2 Å². The third-order valence-electron chi connectivity index (χ3n) is 4.92. The van der Waals surface area contributed by atoms with Crippen LogP contribution in [0.2, 0.25) is 0 Å². The Balaban J connectivity index is 2.03. The van der Waals surface area contributed by atoms with Crippen LogP contribution < -0.4 is 5.32 Å². The fourth-order valence-corrected chi connectivity index (χ4v) is 5.22. The fraction of sp³-hybridized carbons (Fsp3) is 0.273. The summed E-state index contributed by atoms with van der Waals surface area (Å²) in [5.41, 5.74) is 2.08. The van der Waals surface area contributed by atoms with Crippen molar-refractivity contribution in [3.63, 3.8) is 0 Å². The second-order valence-electron chi connectivity index (χ2n) is 7.21. The molecule has 0 unspecified atom stereocenters. The number of hydrogen-bond acceptors (Lipinski definition) is 7. The minimum atomic E-state index is -3.74. The van der Waals surface area contributed by atoms with E-state index in [1.165, 1.54) is 26.4 Å². The molecule has 0 spiro atoms. The molecule has 3 aromatic rings. The fourth-order valence-electron chi connectivity index (χ4n) is 3.07. The topological polar surface area (TPSA) is 106 Å². The molecule has 0 aliphatic carbocycles. The van der Waals surface area contributed by atoms with Gasteiger partial charge in [0.1, 0.15) is 16.3 Å². The molecule has 0 fully saturated rings. The second-order valence-corrected chi connectivity index (χ2v) is 10.2. The molecule has 0 aliphatic rings. The van der Waals surface area contributed by atoms with Crippen molar-refractivity contribution in [3.05, 3.63) is 58.2 Å². The summed E-state index contributed by atoms with van der Waals surface area (Å²) >= 11 is 1.15. The number of anilines is 1. The van der Waals surface area contributed by atoms with E-state index in [4.69, 9.17) is 9.15 Å². The first-order valence-corrected chi connectivity index (χ1v) is 12.1. The van der Waals surface area contributed by atoms with Gasteiger partial charge in [0.25, 0.3) is 5.91 Å². The molecular weight excluding hydrogens is 452 g/mol. The summed E-state index contributed by atoms with van der Waals surface area (Å²) in [6.45, 7) is 5.30. The number of hydrogen-bond donors (Lipinski definition) is 1. The molecule has 0 saturated heterocycles. The van der Waals surface area contributed by atoms with Crippen molar-refractivity contribution >= 4 is 38.2 Å². The van der Waals surface area contributed by atoms with Crippen LogP contribution in [0.15, 0.2) is 45.2 Å². The third kappa shape index (κ3) is 4.47. The minimum Gasteiger partial charge on any atom is -0.464 e. The van der Waals surface area contributed by atoms with Gasteiger partial charge in [-0.3, -0.25) is 4.79 Å². The number of benzene rings is 1. The number of carbonyl (C=O) groups excluding carboxylic acids is 2. The Morgan fingerprint density at radius 2 is 1.94 bits per heavy atom. The molecule has 170 valence electrons. The van der Waals surface area contributed by atoms with E-state index in [-0.39, 0.29) is 27.6 Å². The maximum absolute atomic E-state index is 13.1. The largest absolute Gasteiger partial charge is 0.464 e. The van der Waals surface area contributed by atoms with Crippen LogP contribution in [0.3, 0.4) is 0 Å². The Bertz CT molecular complexity index is 1260. The molecule has 3 rings (SSSR count). The molecule has 0 aliphatic heterocycles. The molecule has 1 amide bonds. The molecule has 2 heterocycles. The van der Waals surface area contributed by atoms with E-state index in [1.54, 1.807) is 44.4 Å². The molecule has 32 heavy (non-hydrogen) atoms. The Morgan fingerprint density at radius 3 is 2.53 bits per heavy atom. The van der Waals surface area contributed by atoms with Gasteiger partial charge in [0.2, 0.25) is 10.0 Å². The van der Waals surface area contributed by atoms with Crippen molar-refractivity contribution in [1.82, 2.24) is 4.31 Å². The first kappa shape index (κ1) is 23.7. The molecule has 10 heteroatoms. The third-order valence-corrected chi connectivity index (χ3v) is 7.76. The lowest BCUT2D eigenvalue weighted by atomic mass is 10.1. The lowest BCUT2D eigenvalue weighted by Gasteiger charge is -2.16. The number of esters is 1. The van der Waals surface area contributed by atoms with E-state index in [2.05, 4.69) is 5.32 Å². The van der Waals surface area contributed by atoms with Crippen LogP contribution in [0.5, 0.6) is 0 Å². The van der Waals surface area contributed by atoms with Crippen molar-refractivity contribution in [2.75, 3.05) is 26.0 Å². The van der Waals surface area contributed by atoms with Crippen LogP contribution in [-0.4, -0.2) is 45.3 Å². The van der Waals surface area contributed by atoms with E-state index in [9.17, 15) is 18.0 Å². The van der Waals surface area contributed by atoms with Crippen LogP contribution in [0.4, 0.5) is 5.00 Å². The molecule has 1 N–H and O–H groups in total. The molecule has 1 aromatic carbocycles. The highest BCUT2D eigenvalue weighted by atomic mass is 32.2. The Labute approximate surface area is 190 Å². The first-order chi connectivity index (χ1) is 15.1. The summed E-state index contributed by atoms with van der Waals surface area (Å²) in [6.07, 6.45) is 1.49. The SMILES string of the molecule is CCOC(=O)c1c(-c2ccco2)csc1NC(=O)c1cc(C)c(C)c(S(=O)(=O)N(C)C)c1. The summed E-state index contributed by atoms with van der Waals surface area (Å²) in [5.74, 6) is -0.663. The molecule has 2 aromatic heterocycles.